The number of methoxy groups -OCH3 is 1. The van der Waals surface area contributed by atoms with Gasteiger partial charge < -0.3 is 29.6 Å². The predicted molar refractivity (Wildman–Crippen MR) is 132 cm³/mol. The number of carbonyl (C=O) groups excluding carboxylic acids is 1. The van der Waals surface area contributed by atoms with E-state index in [0.29, 0.717) is 48.9 Å². The van der Waals surface area contributed by atoms with Gasteiger partial charge in [-0.25, -0.2) is 4.79 Å². The van der Waals surface area contributed by atoms with Gasteiger partial charge >= 0.3 is 6.09 Å². The lowest BCUT2D eigenvalue weighted by molar-refractivity contribution is 0.0413. The quantitative estimate of drug-likeness (QED) is 0.498. The minimum absolute atomic E-state index is 0.0226. The number of nitrogens with zero attached hydrogens (tertiary/aromatic N) is 3. The number of allylic oxidation sites excluding steroid dienone is 1. The fourth-order valence-corrected chi connectivity index (χ4v) is 4.53. The van der Waals surface area contributed by atoms with Gasteiger partial charge in [0, 0.05) is 23.1 Å². The van der Waals surface area contributed by atoms with Crippen LogP contribution in [0.5, 0.6) is 17.4 Å². The zero-order valence-corrected chi connectivity index (χ0v) is 20.9. The van der Waals surface area contributed by atoms with Crippen LogP contribution in [0.2, 0.25) is 0 Å². The molecular formula is C25H22BrN5O5. The second kappa shape index (κ2) is 9.93. The summed E-state index contributed by atoms with van der Waals surface area (Å²) in [6, 6.07) is 15.0. The van der Waals surface area contributed by atoms with Crippen molar-refractivity contribution in [2.75, 3.05) is 33.4 Å². The van der Waals surface area contributed by atoms with Crippen molar-refractivity contribution < 1.29 is 23.7 Å². The molecule has 2 aliphatic heterocycles. The Balaban J connectivity index is 1.54. The largest absolute Gasteiger partial charge is 0.493 e. The van der Waals surface area contributed by atoms with Gasteiger partial charge in [-0.05, 0) is 29.8 Å². The molecule has 10 nitrogen and oxygen atoms in total. The molecule has 0 spiro atoms. The molecular weight excluding hydrogens is 530 g/mol. The van der Waals surface area contributed by atoms with E-state index < -0.39 is 12.0 Å². The van der Waals surface area contributed by atoms with Crippen LogP contribution in [-0.4, -0.2) is 54.6 Å². The number of fused-ring (bicyclic) bond motifs is 1. The molecule has 5 rings (SSSR count). The maximum Gasteiger partial charge on any atom is 0.415 e. The van der Waals surface area contributed by atoms with Crippen LogP contribution in [0.3, 0.4) is 0 Å². The normalized spacial score (nSPS) is 17.1. The first kappa shape index (κ1) is 23.7. The molecule has 11 heteroatoms. The number of ether oxygens (including phenoxy) is 4. The van der Waals surface area contributed by atoms with Crippen LogP contribution in [0.4, 0.5) is 4.79 Å². The fourth-order valence-electron chi connectivity index (χ4n) is 4.27. The molecule has 3 aromatic rings. The first-order chi connectivity index (χ1) is 17.5. The van der Waals surface area contributed by atoms with Gasteiger partial charge in [0.25, 0.3) is 0 Å². The lowest BCUT2D eigenvalue weighted by Crippen LogP contribution is -2.42. The number of amides is 1. The average molecular weight is 552 g/mol. The number of H-pyrrole nitrogens is 1. The Morgan fingerprint density at radius 3 is 2.67 bits per heavy atom. The third-order valence-corrected chi connectivity index (χ3v) is 6.59. The summed E-state index contributed by atoms with van der Waals surface area (Å²) in [5, 5.41) is 17.3. The highest BCUT2D eigenvalue weighted by molar-refractivity contribution is 9.10. The molecule has 1 fully saturated rings. The third-order valence-electron chi connectivity index (χ3n) is 6.06. The van der Waals surface area contributed by atoms with Gasteiger partial charge in [0.05, 0.1) is 37.5 Å². The molecule has 0 aliphatic carbocycles. The number of hydrogen-bond acceptors (Lipinski definition) is 8. The van der Waals surface area contributed by atoms with Crippen LogP contribution in [0.25, 0.3) is 11.3 Å². The second-order valence-corrected chi connectivity index (χ2v) is 9.04. The highest BCUT2D eigenvalue weighted by Crippen LogP contribution is 2.47. The standard InChI is InChI=1S/C25H22BrN5O5/c1-33-19-12-15(4-7-18(19)35-25(32)31-8-10-34-11-9-31)20-17(13-27)23(28)36-24-21(20)22(29-30-24)14-2-5-16(26)6-3-14/h2-7,12,20H,8-11,28H2,1H3,(H,29,30). The van der Waals surface area contributed by atoms with Crippen molar-refractivity contribution in [1.29, 1.82) is 5.26 Å². The number of aromatic nitrogens is 2. The van der Waals surface area contributed by atoms with Crippen molar-refractivity contribution in [3.05, 3.63) is 69.5 Å². The molecule has 1 amide bonds. The Bertz CT molecular complexity index is 1370. The summed E-state index contributed by atoms with van der Waals surface area (Å²) in [5.74, 6) is 0.281. The number of nitrogens with two attached hydrogens (primary N) is 1. The van der Waals surface area contributed by atoms with Crippen LogP contribution in [-0.2, 0) is 4.74 Å². The zero-order valence-electron chi connectivity index (χ0n) is 19.3. The number of carbonyl (C=O) groups is 1. The summed E-state index contributed by atoms with van der Waals surface area (Å²) in [6.45, 7) is 1.85. The first-order valence-corrected chi connectivity index (χ1v) is 11.9. The van der Waals surface area contributed by atoms with Gasteiger partial charge in [0.2, 0.25) is 11.8 Å². The van der Waals surface area contributed by atoms with Crippen LogP contribution in [0.1, 0.15) is 17.0 Å². The number of nitriles is 1. The Kier molecular flexibility index (Phi) is 6.54. The zero-order chi connectivity index (χ0) is 25.2. The molecule has 0 saturated carbocycles. The van der Waals surface area contributed by atoms with E-state index in [1.807, 2.05) is 24.3 Å². The third kappa shape index (κ3) is 4.36. The molecule has 3 heterocycles. The molecule has 36 heavy (non-hydrogen) atoms. The number of halogens is 1. The monoisotopic (exact) mass is 551 g/mol. The predicted octanol–water partition coefficient (Wildman–Crippen LogP) is 3.90. The minimum atomic E-state index is -0.589. The van der Waals surface area contributed by atoms with Crippen molar-refractivity contribution in [3.8, 4) is 34.7 Å². The summed E-state index contributed by atoms with van der Waals surface area (Å²) < 4.78 is 23.1. The second-order valence-electron chi connectivity index (χ2n) is 8.13. The van der Waals surface area contributed by atoms with E-state index in [2.05, 4.69) is 32.2 Å². The summed E-state index contributed by atoms with van der Waals surface area (Å²) >= 11 is 3.45. The van der Waals surface area contributed by atoms with E-state index in [-0.39, 0.29) is 23.1 Å². The summed E-state index contributed by atoms with van der Waals surface area (Å²) in [7, 11) is 1.49. The van der Waals surface area contributed by atoms with E-state index in [4.69, 9.17) is 24.7 Å². The van der Waals surface area contributed by atoms with Crippen LogP contribution >= 0.6 is 15.9 Å². The number of rotatable bonds is 4. The Morgan fingerprint density at radius 2 is 1.97 bits per heavy atom. The van der Waals surface area contributed by atoms with Crippen molar-refractivity contribution in [3.63, 3.8) is 0 Å². The van der Waals surface area contributed by atoms with Gasteiger partial charge in [0.1, 0.15) is 11.6 Å². The number of nitrogens with one attached hydrogen (secondary N) is 1. The van der Waals surface area contributed by atoms with E-state index in [1.165, 1.54) is 7.11 Å². The van der Waals surface area contributed by atoms with Gasteiger partial charge in [-0.2, -0.15) is 5.26 Å². The fraction of sp³-hybridized carbons (Fsp3) is 0.240. The highest BCUT2D eigenvalue weighted by Gasteiger charge is 2.36. The summed E-state index contributed by atoms with van der Waals surface area (Å²) in [6.07, 6.45) is -0.480. The number of hydrogen-bond donors (Lipinski definition) is 2. The van der Waals surface area contributed by atoms with E-state index >= 15 is 0 Å². The molecule has 2 aromatic carbocycles. The molecule has 0 radical (unpaired) electrons. The lowest BCUT2D eigenvalue weighted by Gasteiger charge is -2.27. The van der Waals surface area contributed by atoms with Crippen molar-refractivity contribution in [2.45, 2.75) is 5.92 Å². The maximum atomic E-state index is 12.6. The molecule has 3 N–H and O–H groups in total. The summed E-state index contributed by atoms with van der Waals surface area (Å²) in [4.78, 5) is 14.2. The van der Waals surface area contributed by atoms with Gasteiger partial charge in [0.15, 0.2) is 11.5 Å². The van der Waals surface area contributed by atoms with E-state index in [1.54, 1.807) is 23.1 Å². The van der Waals surface area contributed by atoms with Crippen LogP contribution < -0.4 is 19.9 Å². The Hall–Kier alpha value is -4.01. The van der Waals surface area contributed by atoms with Crippen molar-refractivity contribution in [2.24, 2.45) is 5.73 Å². The number of morpholine rings is 1. The molecule has 184 valence electrons. The summed E-state index contributed by atoms with van der Waals surface area (Å²) in [5.41, 5.74) is 9.27. The SMILES string of the molecule is COc1cc(C2C(C#N)=C(N)Oc3n[nH]c(-c4ccc(Br)cc4)c32)ccc1OC(=O)N1CCOCC1. The molecule has 1 saturated heterocycles. The van der Waals surface area contributed by atoms with Gasteiger partial charge in [-0.15, -0.1) is 5.10 Å². The molecule has 1 unspecified atom stereocenters. The maximum absolute atomic E-state index is 12.6. The molecule has 2 aliphatic rings. The van der Waals surface area contributed by atoms with Gasteiger partial charge in [-0.3, -0.25) is 5.10 Å². The molecule has 1 aromatic heterocycles. The first-order valence-electron chi connectivity index (χ1n) is 11.1. The van der Waals surface area contributed by atoms with Crippen LogP contribution in [0.15, 0.2) is 58.4 Å². The Morgan fingerprint density at radius 1 is 1.22 bits per heavy atom. The van der Waals surface area contributed by atoms with E-state index in [0.717, 1.165) is 10.0 Å². The number of benzene rings is 2. The topological polar surface area (TPSA) is 136 Å². The lowest BCUT2D eigenvalue weighted by atomic mass is 9.83. The smallest absolute Gasteiger partial charge is 0.415 e. The highest BCUT2D eigenvalue weighted by atomic mass is 79.9. The Labute approximate surface area is 215 Å². The van der Waals surface area contributed by atoms with Crippen LogP contribution in [0, 0.1) is 11.3 Å². The average Bonchev–Trinajstić information content (AvgIpc) is 3.32. The van der Waals surface area contributed by atoms with Crippen molar-refractivity contribution >= 4 is 22.0 Å². The minimum Gasteiger partial charge on any atom is -0.493 e. The molecule has 0 bridgehead atoms. The van der Waals surface area contributed by atoms with E-state index in [9.17, 15) is 10.1 Å². The van der Waals surface area contributed by atoms with Gasteiger partial charge in [-0.1, -0.05) is 34.1 Å². The van der Waals surface area contributed by atoms with Crippen molar-refractivity contribution in [1.82, 2.24) is 15.1 Å². The molecule has 1 atom stereocenters. The number of aromatic amines is 1.